The zero-order chi connectivity index (χ0) is 15.1. The van der Waals surface area contributed by atoms with E-state index in [1.807, 2.05) is 48.5 Å². The van der Waals surface area contributed by atoms with Crippen LogP contribution in [0.4, 0.5) is 11.4 Å². The number of nitrogens with zero attached hydrogens (tertiary/aromatic N) is 1. The summed E-state index contributed by atoms with van der Waals surface area (Å²) in [7, 11) is 0. The third kappa shape index (κ3) is 2.07. The van der Waals surface area contributed by atoms with Crippen molar-refractivity contribution >= 4 is 11.4 Å². The molecule has 3 atom stereocenters. The Morgan fingerprint density at radius 3 is 2.18 bits per heavy atom. The van der Waals surface area contributed by atoms with Crippen molar-refractivity contribution in [2.45, 2.75) is 37.5 Å². The van der Waals surface area contributed by atoms with E-state index in [1.165, 1.54) is 0 Å². The van der Waals surface area contributed by atoms with Crippen LogP contribution in [0.1, 0.15) is 19.3 Å². The first-order valence-electron chi connectivity index (χ1n) is 7.84. The number of ether oxygens (including phenoxy) is 1. The van der Waals surface area contributed by atoms with E-state index >= 15 is 0 Å². The van der Waals surface area contributed by atoms with Crippen LogP contribution in [0.15, 0.2) is 48.5 Å². The van der Waals surface area contributed by atoms with Crippen LogP contribution in [0.25, 0.3) is 0 Å². The maximum Gasteiger partial charge on any atom is 0.151 e. The molecule has 0 amide bonds. The molecule has 0 radical (unpaired) electrons. The Morgan fingerprint density at radius 1 is 0.955 bits per heavy atom. The third-order valence-corrected chi connectivity index (χ3v) is 4.67. The molecular weight excluding hydrogens is 276 g/mol. The number of para-hydroxylation sites is 4. The van der Waals surface area contributed by atoms with E-state index in [1.54, 1.807) is 0 Å². The maximum atomic E-state index is 10.6. The van der Waals surface area contributed by atoms with Gasteiger partial charge in [-0.1, -0.05) is 24.3 Å². The normalized spacial score (nSPS) is 26.8. The summed E-state index contributed by atoms with van der Waals surface area (Å²) in [4.78, 5) is 2.21. The van der Waals surface area contributed by atoms with Gasteiger partial charge in [-0.2, -0.15) is 0 Å². The molecule has 3 N–H and O–H groups in total. The van der Waals surface area contributed by atoms with Crippen molar-refractivity contribution in [2.24, 2.45) is 5.73 Å². The van der Waals surface area contributed by atoms with E-state index in [0.717, 1.165) is 42.1 Å². The number of aliphatic hydroxyl groups excluding tert-OH is 1. The summed E-state index contributed by atoms with van der Waals surface area (Å²) in [6.45, 7) is 0. The van der Waals surface area contributed by atoms with E-state index in [-0.39, 0.29) is 12.1 Å². The summed E-state index contributed by atoms with van der Waals surface area (Å²) in [6, 6.07) is 15.8. The monoisotopic (exact) mass is 296 g/mol. The van der Waals surface area contributed by atoms with Gasteiger partial charge in [0.25, 0.3) is 0 Å². The lowest BCUT2D eigenvalue weighted by Gasteiger charge is -2.44. The topological polar surface area (TPSA) is 58.7 Å². The van der Waals surface area contributed by atoms with Crippen molar-refractivity contribution in [3.63, 3.8) is 0 Å². The number of nitrogens with two attached hydrogens (primary N) is 1. The summed E-state index contributed by atoms with van der Waals surface area (Å²) in [5.74, 6) is 1.65. The molecule has 4 heteroatoms. The largest absolute Gasteiger partial charge is 0.453 e. The Morgan fingerprint density at radius 2 is 1.55 bits per heavy atom. The van der Waals surface area contributed by atoms with Gasteiger partial charge >= 0.3 is 0 Å². The predicted molar refractivity (Wildman–Crippen MR) is 86.7 cm³/mol. The first-order chi connectivity index (χ1) is 10.8. The van der Waals surface area contributed by atoms with E-state index in [2.05, 4.69) is 4.90 Å². The Labute approximate surface area is 130 Å². The van der Waals surface area contributed by atoms with Gasteiger partial charge < -0.3 is 20.5 Å². The standard InChI is InChI=1S/C18H20N2O2/c19-12-6-5-9-15(18(12)21)20-13-7-1-3-10-16(13)22-17-11-4-2-8-14(17)20/h1-4,7-8,10-12,15,18,21H,5-6,9,19H2/t12-,15+,18?/m1/s1. The van der Waals surface area contributed by atoms with E-state index < -0.39 is 6.10 Å². The molecule has 1 fully saturated rings. The van der Waals surface area contributed by atoms with Gasteiger partial charge in [0.15, 0.2) is 11.5 Å². The van der Waals surface area contributed by atoms with Crippen molar-refractivity contribution in [2.75, 3.05) is 4.90 Å². The van der Waals surface area contributed by atoms with Gasteiger partial charge in [0.1, 0.15) is 0 Å². The number of rotatable bonds is 1. The number of aliphatic hydroxyl groups is 1. The Balaban J connectivity index is 1.84. The second kappa shape index (κ2) is 5.30. The fourth-order valence-corrected chi connectivity index (χ4v) is 3.56. The smallest absolute Gasteiger partial charge is 0.151 e. The molecule has 1 aliphatic heterocycles. The predicted octanol–water partition coefficient (Wildman–Crippen LogP) is 3.17. The average molecular weight is 296 g/mol. The van der Waals surface area contributed by atoms with Crippen LogP contribution in [-0.2, 0) is 0 Å². The highest BCUT2D eigenvalue weighted by Gasteiger charge is 2.38. The van der Waals surface area contributed by atoms with Gasteiger partial charge in [0.2, 0.25) is 0 Å². The van der Waals surface area contributed by atoms with Crippen LogP contribution in [0.2, 0.25) is 0 Å². The van der Waals surface area contributed by atoms with Crippen LogP contribution >= 0.6 is 0 Å². The molecule has 22 heavy (non-hydrogen) atoms. The maximum absolute atomic E-state index is 10.6. The second-order valence-corrected chi connectivity index (χ2v) is 6.06. The molecule has 4 nitrogen and oxygen atoms in total. The molecule has 0 saturated heterocycles. The molecule has 1 unspecified atom stereocenters. The van der Waals surface area contributed by atoms with Gasteiger partial charge in [0, 0.05) is 6.04 Å². The molecule has 0 bridgehead atoms. The van der Waals surface area contributed by atoms with E-state index in [0.29, 0.717) is 0 Å². The zero-order valence-electron chi connectivity index (χ0n) is 12.4. The van der Waals surface area contributed by atoms with Gasteiger partial charge in [-0.05, 0) is 43.5 Å². The molecule has 4 rings (SSSR count). The number of benzene rings is 2. The quantitative estimate of drug-likeness (QED) is 0.848. The van der Waals surface area contributed by atoms with Crippen LogP contribution in [-0.4, -0.2) is 23.3 Å². The first kappa shape index (κ1) is 13.6. The summed E-state index contributed by atoms with van der Waals surface area (Å²) < 4.78 is 6.01. The highest BCUT2D eigenvalue weighted by Crippen LogP contribution is 2.48. The van der Waals surface area contributed by atoms with Crippen LogP contribution in [0, 0.1) is 0 Å². The van der Waals surface area contributed by atoms with Gasteiger partial charge in [-0.3, -0.25) is 0 Å². The van der Waals surface area contributed by atoms with Crippen LogP contribution in [0.3, 0.4) is 0 Å². The number of anilines is 2. The SMILES string of the molecule is N[C@@H]1CCC[C@H](N2c3ccccc3Oc3ccccc32)C1O. The van der Waals surface area contributed by atoms with E-state index in [9.17, 15) is 5.11 Å². The molecule has 0 spiro atoms. The number of fused-ring (bicyclic) bond motifs is 2. The summed E-state index contributed by atoms with van der Waals surface area (Å²) in [6.07, 6.45) is 2.31. The lowest BCUT2D eigenvalue weighted by atomic mass is 9.86. The van der Waals surface area contributed by atoms with Gasteiger partial charge in [-0.15, -0.1) is 0 Å². The molecular formula is C18H20N2O2. The number of hydrogen-bond donors (Lipinski definition) is 2. The van der Waals surface area contributed by atoms with Crippen molar-refractivity contribution in [3.8, 4) is 11.5 Å². The van der Waals surface area contributed by atoms with Gasteiger partial charge in [0.05, 0.1) is 23.5 Å². The summed E-state index contributed by atoms with van der Waals surface area (Å²) in [5, 5.41) is 10.6. The van der Waals surface area contributed by atoms with Crippen molar-refractivity contribution in [1.29, 1.82) is 0 Å². The Kier molecular flexibility index (Phi) is 3.28. The number of hydrogen-bond acceptors (Lipinski definition) is 4. The Hall–Kier alpha value is -2.04. The van der Waals surface area contributed by atoms with Crippen LogP contribution in [0.5, 0.6) is 11.5 Å². The summed E-state index contributed by atoms with van der Waals surface area (Å²) >= 11 is 0. The second-order valence-electron chi connectivity index (χ2n) is 6.06. The zero-order valence-corrected chi connectivity index (χ0v) is 12.4. The average Bonchev–Trinajstić information content (AvgIpc) is 2.55. The van der Waals surface area contributed by atoms with Crippen molar-refractivity contribution in [3.05, 3.63) is 48.5 Å². The summed E-state index contributed by atoms with van der Waals surface area (Å²) in [5.41, 5.74) is 8.11. The minimum atomic E-state index is -0.534. The first-order valence-corrected chi connectivity index (χ1v) is 7.84. The minimum Gasteiger partial charge on any atom is -0.453 e. The minimum absolute atomic E-state index is 0.0186. The van der Waals surface area contributed by atoms with Gasteiger partial charge in [-0.25, -0.2) is 0 Å². The Bertz CT molecular complexity index is 643. The molecule has 0 aromatic heterocycles. The van der Waals surface area contributed by atoms with Crippen molar-refractivity contribution < 1.29 is 9.84 Å². The lowest BCUT2D eigenvalue weighted by molar-refractivity contribution is 0.0872. The molecule has 1 aliphatic carbocycles. The fraction of sp³-hybridized carbons (Fsp3) is 0.333. The molecule has 114 valence electrons. The molecule has 1 heterocycles. The highest BCUT2D eigenvalue weighted by molar-refractivity contribution is 5.78. The molecule has 1 saturated carbocycles. The molecule has 2 aromatic carbocycles. The fourth-order valence-electron chi connectivity index (χ4n) is 3.56. The van der Waals surface area contributed by atoms with Crippen LogP contribution < -0.4 is 15.4 Å². The highest BCUT2D eigenvalue weighted by atomic mass is 16.5. The van der Waals surface area contributed by atoms with Crippen molar-refractivity contribution in [1.82, 2.24) is 0 Å². The van der Waals surface area contributed by atoms with E-state index in [4.69, 9.17) is 10.5 Å². The third-order valence-electron chi connectivity index (χ3n) is 4.67. The lowest BCUT2D eigenvalue weighted by Crippen LogP contribution is -2.53. The molecule has 2 aromatic rings. The molecule has 2 aliphatic rings.